The van der Waals surface area contributed by atoms with E-state index in [1.54, 1.807) is 0 Å². The van der Waals surface area contributed by atoms with Gasteiger partial charge in [-0.05, 0) is 57.8 Å². The van der Waals surface area contributed by atoms with Gasteiger partial charge in [-0.15, -0.1) is 0 Å². The molecule has 0 heterocycles. The number of hydrogen-bond acceptors (Lipinski definition) is 12. The molecule has 0 aromatic rings. The van der Waals surface area contributed by atoms with E-state index in [2.05, 4.69) is 41.1 Å². The number of nitrogens with one attached hydrogen (secondary N) is 6. The predicted molar refractivity (Wildman–Crippen MR) is 229 cm³/mol. The second-order valence-corrected chi connectivity index (χ2v) is 15.7. The maximum absolute atomic E-state index is 12.6. The van der Waals surface area contributed by atoms with Crippen LogP contribution in [0.15, 0.2) is 0 Å². The van der Waals surface area contributed by atoms with Gasteiger partial charge < -0.3 is 57.2 Å². The minimum atomic E-state index is -1.64. The maximum Gasteiger partial charge on any atom is 0.326 e. The molecule has 0 aliphatic carbocycles. The molecule has 0 spiro atoms. The number of rotatable bonds is 40. The third-order valence-electron chi connectivity index (χ3n) is 9.96. The number of aliphatic carboxylic acids is 6. The van der Waals surface area contributed by atoms with E-state index >= 15 is 0 Å². The van der Waals surface area contributed by atoms with Gasteiger partial charge in [-0.2, -0.15) is 0 Å². The summed E-state index contributed by atoms with van der Waals surface area (Å²) < 4.78 is 0. The summed E-state index contributed by atoms with van der Waals surface area (Å²) in [6.07, 6.45) is 6.77. The second kappa shape index (κ2) is 35.0. The van der Waals surface area contributed by atoms with E-state index < -0.39 is 128 Å². The van der Waals surface area contributed by atoms with Crippen molar-refractivity contribution in [1.29, 1.82) is 0 Å². The molecule has 0 rings (SSSR count). The minimum Gasteiger partial charge on any atom is -0.481 e. The number of hydrogen-bond donors (Lipinski definition) is 12. The zero-order chi connectivity index (χ0) is 48.5. The first-order chi connectivity index (χ1) is 30.3. The molecular weight excluding hydrogens is 867 g/mol. The summed E-state index contributed by atoms with van der Waals surface area (Å²) in [5.74, 6) is -11.5. The van der Waals surface area contributed by atoms with Gasteiger partial charge in [-0.1, -0.05) is 60.8 Å². The lowest BCUT2D eigenvalue weighted by Crippen LogP contribution is -2.45. The van der Waals surface area contributed by atoms with Gasteiger partial charge in [0.1, 0.15) is 30.2 Å². The maximum atomic E-state index is 12.6. The average Bonchev–Trinajstić information content (AvgIpc) is 3.21. The van der Waals surface area contributed by atoms with Crippen molar-refractivity contribution in [2.75, 3.05) is 6.54 Å². The Labute approximate surface area is 373 Å². The monoisotopic (exact) mass is 934 g/mol. The zero-order valence-corrected chi connectivity index (χ0v) is 37.3. The molecule has 12 N–H and O–H groups in total. The van der Waals surface area contributed by atoms with Gasteiger partial charge in [0.15, 0.2) is 0 Å². The summed E-state index contributed by atoms with van der Waals surface area (Å²) >= 11 is 0. The Morgan fingerprint density at radius 2 is 0.625 bits per heavy atom. The molecule has 6 atom stereocenters. The Bertz CT molecular complexity index is 1550. The van der Waals surface area contributed by atoms with Crippen LogP contribution in [0.3, 0.4) is 0 Å². The first kappa shape index (κ1) is 58.6. The van der Waals surface area contributed by atoms with Gasteiger partial charge in [0.05, 0.1) is 0 Å². The molecule has 0 fully saturated rings. The fraction of sp³-hybridized carbons (Fsp3) is 0.725. The SMILES string of the molecule is O=C(O)CCCCCCCCCCCCC(=O)N[C@@H](CCC(=O)NC(CCC(=O)N[C@@H](CCC(=O)N[C@@H](CCC(=O)NCCCC[C@H](NP)C(=O)O)C(=O)O)C(=O)O)C(=O)O)C(=O)O. The standard InChI is InChI=1S/C40H67N6O17P/c47-30(41-24-12-11-13-29(46-64)40(62)63)20-16-25(36(54)55)43-32(49)22-18-27(38(58)59)45-34(51)23-19-28(39(60)61)44-33(50)21-17-26(37(56)57)42-31(48)14-9-7-5-3-1-2-4-6-8-10-15-35(52)53/h25-29,46H,1-24,64H2,(H,41,47)(H,42,48)(H,43,49)(H,44,50)(H,45,51)(H,52,53)(H,54,55)(H,56,57)(H,58,59)(H,60,61)(H,62,63)/t25-,26-,27-,28?,29-/m0/s1. The Morgan fingerprint density at radius 1 is 0.328 bits per heavy atom. The molecular formula is C40H67N6O17P. The van der Waals surface area contributed by atoms with Gasteiger partial charge in [-0.3, -0.25) is 38.6 Å². The highest BCUT2D eigenvalue weighted by Gasteiger charge is 2.27. The summed E-state index contributed by atoms with van der Waals surface area (Å²) in [6.45, 7) is 0.212. The number of carboxylic acid groups (broad SMARTS) is 6. The van der Waals surface area contributed by atoms with Gasteiger partial charge in [-0.25, -0.2) is 19.2 Å². The van der Waals surface area contributed by atoms with E-state index in [9.17, 15) is 73.2 Å². The van der Waals surface area contributed by atoms with Gasteiger partial charge in [0.25, 0.3) is 0 Å². The normalized spacial score (nSPS) is 13.2. The van der Waals surface area contributed by atoms with Crippen molar-refractivity contribution in [2.45, 2.75) is 178 Å². The highest BCUT2D eigenvalue weighted by molar-refractivity contribution is 7.13. The molecule has 2 unspecified atom stereocenters. The van der Waals surface area contributed by atoms with E-state index in [0.29, 0.717) is 32.1 Å². The number of unbranched alkanes of at least 4 members (excludes halogenated alkanes) is 10. The van der Waals surface area contributed by atoms with E-state index in [0.717, 1.165) is 51.4 Å². The van der Waals surface area contributed by atoms with Crippen LogP contribution in [-0.2, 0) is 52.7 Å². The molecule has 0 saturated carbocycles. The Hall–Kier alpha value is -5.44. The van der Waals surface area contributed by atoms with Crippen LogP contribution in [-0.4, -0.2) is 133 Å². The molecule has 0 aliphatic rings. The van der Waals surface area contributed by atoms with E-state index in [1.165, 1.54) is 0 Å². The van der Waals surface area contributed by atoms with Crippen molar-refractivity contribution < 1.29 is 83.4 Å². The van der Waals surface area contributed by atoms with Crippen LogP contribution in [0.2, 0.25) is 0 Å². The molecule has 0 saturated heterocycles. The Kier molecular flexibility index (Phi) is 32.0. The van der Waals surface area contributed by atoms with Gasteiger partial charge in [0.2, 0.25) is 29.5 Å². The number of carboxylic acids is 6. The lowest BCUT2D eigenvalue weighted by molar-refractivity contribution is -0.144. The van der Waals surface area contributed by atoms with Crippen molar-refractivity contribution in [1.82, 2.24) is 31.7 Å². The van der Waals surface area contributed by atoms with Crippen molar-refractivity contribution in [3.63, 3.8) is 0 Å². The van der Waals surface area contributed by atoms with Gasteiger partial charge >= 0.3 is 35.8 Å². The number of amides is 5. The Morgan fingerprint density at radius 3 is 0.938 bits per heavy atom. The first-order valence-corrected chi connectivity index (χ1v) is 22.1. The molecule has 23 nitrogen and oxygen atoms in total. The summed E-state index contributed by atoms with van der Waals surface area (Å²) in [7, 11) is 2.12. The minimum absolute atomic E-state index is 0.0752. The van der Waals surface area contributed by atoms with Crippen LogP contribution in [0.5, 0.6) is 0 Å². The van der Waals surface area contributed by atoms with E-state index in [-0.39, 0.29) is 38.6 Å². The van der Waals surface area contributed by atoms with Crippen molar-refractivity contribution in [3.05, 3.63) is 0 Å². The number of carbonyl (C=O) groups excluding carboxylic acids is 5. The third kappa shape index (κ3) is 30.6. The molecule has 0 radical (unpaired) electrons. The lowest BCUT2D eigenvalue weighted by atomic mass is 10.0. The van der Waals surface area contributed by atoms with Crippen LogP contribution in [0.25, 0.3) is 0 Å². The molecule has 24 heteroatoms. The summed E-state index contributed by atoms with van der Waals surface area (Å²) in [4.78, 5) is 131. The van der Waals surface area contributed by atoms with Crippen LogP contribution in [0.1, 0.15) is 148 Å². The van der Waals surface area contributed by atoms with Crippen molar-refractivity contribution in [2.24, 2.45) is 0 Å². The highest BCUT2D eigenvalue weighted by atomic mass is 31.0. The fourth-order valence-corrected chi connectivity index (χ4v) is 6.55. The lowest BCUT2D eigenvalue weighted by Gasteiger charge is -2.18. The quantitative estimate of drug-likeness (QED) is 0.0304. The number of carbonyl (C=O) groups is 11. The van der Waals surface area contributed by atoms with Crippen LogP contribution < -0.4 is 31.7 Å². The van der Waals surface area contributed by atoms with E-state index in [4.69, 9.17) is 10.2 Å². The van der Waals surface area contributed by atoms with Crippen LogP contribution in [0.4, 0.5) is 0 Å². The predicted octanol–water partition coefficient (Wildman–Crippen LogP) is 1.27. The molecule has 5 amide bonds. The topological polar surface area (TPSA) is 381 Å². The van der Waals surface area contributed by atoms with Crippen LogP contribution in [0, 0.1) is 0 Å². The summed E-state index contributed by atoms with van der Waals surface area (Å²) in [5, 5.41) is 69.9. The first-order valence-electron chi connectivity index (χ1n) is 21.5. The molecule has 0 bridgehead atoms. The molecule has 0 aliphatic heterocycles. The largest absolute Gasteiger partial charge is 0.481 e. The third-order valence-corrected chi connectivity index (χ3v) is 10.4. The van der Waals surface area contributed by atoms with Gasteiger partial charge in [0, 0.05) is 45.1 Å². The zero-order valence-electron chi connectivity index (χ0n) is 36.1. The summed E-state index contributed by atoms with van der Waals surface area (Å²) in [6, 6.07) is -6.96. The summed E-state index contributed by atoms with van der Waals surface area (Å²) in [5.41, 5.74) is 0. The van der Waals surface area contributed by atoms with Crippen molar-refractivity contribution in [3.8, 4) is 0 Å². The molecule has 0 aromatic heterocycles. The Balaban J connectivity index is 4.68. The molecule has 364 valence electrons. The molecule has 64 heavy (non-hydrogen) atoms. The second-order valence-electron chi connectivity index (χ2n) is 15.3. The highest BCUT2D eigenvalue weighted by Crippen LogP contribution is 2.13. The van der Waals surface area contributed by atoms with Crippen LogP contribution >= 0.6 is 9.39 Å². The smallest absolute Gasteiger partial charge is 0.326 e. The molecule has 0 aromatic carbocycles. The average molecular weight is 935 g/mol. The van der Waals surface area contributed by atoms with Crippen molar-refractivity contribution >= 4 is 74.7 Å². The van der Waals surface area contributed by atoms with E-state index in [1.807, 2.05) is 0 Å². The fourth-order valence-electron chi connectivity index (χ4n) is 6.24.